The molecule has 2 amide bonds. The SMILES string of the molecule is CCNC(=O)c1[nH]c2ccc3c(c2c1CCNC(C)=O)CCO3. The minimum atomic E-state index is -0.116. The molecule has 3 rings (SSSR count). The van der Waals surface area contributed by atoms with Crippen LogP contribution in [0, 0.1) is 0 Å². The second kappa shape index (κ2) is 6.32. The lowest BCUT2D eigenvalue weighted by Gasteiger charge is -2.07. The zero-order chi connectivity index (χ0) is 16.4. The summed E-state index contributed by atoms with van der Waals surface area (Å²) in [7, 11) is 0. The molecule has 23 heavy (non-hydrogen) atoms. The molecule has 6 nitrogen and oxygen atoms in total. The van der Waals surface area contributed by atoms with Crippen LogP contribution in [0.4, 0.5) is 0 Å². The maximum Gasteiger partial charge on any atom is 0.268 e. The van der Waals surface area contributed by atoms with Crippen molar-refractivity contribution < 1.29 is 14.3 Å². The van der Waals surface area contributed by atoms with Gasteiger partial charge in [0, 0.05) is 42.9 Å². The average molecular weight is 315 g/mol. The van der Waals surface area contributed by atoms with Crippen LogP contribution in [0.15, 0.2) is 12.1 Å². The fourth-order valence-electron chi connectivity index (χ4n) is 3.12. The largest absolute Gasteiger partial charge is 0.493 e. The monoisotopic (exact) mass is 315 g/mol. The number of rotatable bonds is 5. The van der Waals surface area contributed by atoms with E-state index < -0.39 is 0 Å². The number of nitrogens with one attached hydrogen (secondary N) is 3. The Balaban J connectivity index is 2.06. The summed E-state index contributed by atoms with van der Waals surface area (Å²) in [5.41, 5.74) is 3.61. The Morgan fingerprint density at radius 1 is 1.30 bits per heavy atom. The molecule has 0 radical (unpaired) electrons. The van der Waals surface area contributed by atoms with Gasteiger partial charge in [0.05, 0.1) is 6.61 Å². The smallest absolute Gasteiger partial charge is 0.268 e. The van der Waals surface area contributed by atoms with Gasteiger partial charge >= 0.3 is 0 Å². The van der Waals surface area contributed by atoms with E-state index in [1.54, 1.807) is 0 Å². The van der Waals surface area contributed by atoms with Gasteiger partial charge in [0.25, 0.3) is 5.91 Å². The van der Waals surface area contributed by atoms with Crippen molar-refractivity contribution in [2.75, 3.05) is 19.7 Å². The van der Waals surface area contributed by atoms with Crippen molar-refractivity contribution in [1.82, 2.24) is 15.6 Å². The number of aromatic amines is 1. The van der Waals surface area contributed by atoms with Crippen molar-refractivity contribution in [1.29, 1.82) is 0 Å². The molecule has 2 aromatic rings. The first kappa shape index (κ1) is 15.4. The van der Waals surface area contributed by atoms with Gasteiger partial charge in [0.15, 0.2) is 0 Å². The lowest BCUT2D eigenvalue weighted by Crippen LogP contribution is -2.26. The second-order valence-corrected chi connectivity index (χ2v) is 5.63. The Labute approximate surface area is 134 Å². The summed E-state index contributed by atoms with van der Waals surface area (Å²) < 4.78 is 5.64. The molecule has 6 heteroatoms. The number of H-pyrrole nitrogens is 1. The second-order valence-electron chi connectivity index (χ2n) is 5.63. The first-order valence-electron chi connectivity index (χ1n) is 7.93. The zero-order valence-corrected chi connectivity index (χ0v) is 13.4. The van der Waals surface area contributed by atoms with Crippen LogP contribution in [-0.4, -0.2) is 36.5 Å². The molecule has 1 aliphatic heterocycles. The molecule has 0 saturated carbocycles. The molecular weight excluding hydrogens is 294 g/mol. The summed E-state index contributed by atoms with van der Waals surface area (Å²) in [6.07, 6.45) is 1.44. The Bertz CT molecular complexity index is 764. The highest BCUT2D eigenvalue weighted by Crippen LogP contribution is 2.36. The van der Waals surface area contributed by atoms with Gasteiger partial charge in [-0.2, -0.15) is 0 Å². The summed E-state index contributed by atoms with van der Waals surface area (Å²) in [5, 5.41) is 6.70. The Hall–Kier alpha value is -2.50. The van der Waals surface area contributed by atoms with Crippen molar-refractivity contribution in [3.05, 3.63) is 29.0 Å². The van der Waals surface area contributed by atoms with E-state index in [1.165, 1.54) is 6.92 Å². The molecule has 0 fully saturated rings. The first-order valence-corrected chi connectivity index (χ1v) is 7.93. The number of amides is 2. The van der Waals surface area contributed by atoms with Crippen LogP contribution in [0.3, 0.4) is 0 Å². The standard InChI is InChI=1S/C17H21N3O3/c1-3-18-17(22)16-12(6-8-19-10(2)21)15-11-7-9-23-14(11)5-4-13(15)20-16/h4-5,20H,3,6-9H2,1-2H3,(H,18,22)(H,19,21). The Morgan fingerprint density at radius 3 is 2.87 bits per heavy atom. The molecule has 2 heterocycles. The van der Waals surface area contributed by atoms with Crippen LogP contribution in [0.2, 0.25) is 0 Å². The molecule has 1 aromatic heterocycles. The fourth-order valence-corrected chi connectivity index (χ4v) is 3.12. The minimum absolute atomic E-state index is 0.0713. The molecule has 0 unspecified atom stereocenters. The van der Waals surface area contributed by atoms with Gasteiger partial charge in [-0.25, -0.2) is 0 Å². The average Bonchev–Trinajstić information content (AvgIpc) is 3.10. The number of hydrogen-bond acceptors (Lipinski definition) is 3. The summed E-state index contributed by atoms with van der Waals surface area (Å²) in [6, 6.07) is 3.89. The van der Waals surface area contributed by atoms with Gasteiger partial charge in [-0.05, 0) is 31.0 Å². The Kier molecular flexibility index (Phi) is 4.23. The third-order valence-electron chi connectivity index (χ3n) is 4.06. The van der Waals surface area contributed by atoms with Gasteiger partial charge in [0.1, 0.15) is 11.4 Å². The normalized spacial score (nSPS) is 12.8. The van der Waals surface area contributed by atoms with E-state index in [0.29, 0.717) is 31.8 Å². The zero-order valence-electron chi connectivity index (χ0n) is 13.4. The lowest BCUT2D eigenvalue weighted by atomic mass is 10.0. The molecule has 0 aliphatic carbocycles. The van der Waals surface area contributed by atoms with Crippen molar-refractivity contribution in [3.8, 4) is 5.75 Å². The molecule has 0 spiro atoms. The predicted molar refractivity (Wildman–Crippen MR) is 87.9 cm³/mol. The maximum absolute atomic E-state index is 12.4. The van der Waals surface area contributed by atoms with Gasteiger partial charge < -0.3 is 20.4 Å². The maximum atomic E-state index is 12.4. The van der Waals surface area contributed by atoms with Crippen LogP contribution in [0.5, 0.6) is 5.75 Å². The highest BCUT2D eigenvalue weighted by Gasteiger charge is 2.23. The highest BCUT2D eigenvalue weighted by molar-refractivity contribution is 6.02. The summed E-state index contributed by atoms with van der Waals surface area (Å²) in [5.74, 6) is 0.701. The number of fused-ring (bicyclic) bond motifs is 3. The summed E-state index contributed by atoms with van der Waals surface area (Å²) >= 11 is 0. The van der Waals surface area contributed by atoms with Crippen LogP contribution in [-0.2, 0) is 17.6 Å². The lowest BCUT2D eigenvalue weighted by molar-refractivity contribution is -0.118. The molecule has 1 aromatic carbocycles. The molecular formula is C17H21N3O3. The van der Waals surface area contributed by atoms with Crippen molar-refractivity contribution in [2.24, 2.45) is 0 Å². The van der Waals surface area contributed by atoms with Gasteiger partial charge in [-0.1, -0.05) is 0 Å². The van der Waals surface area contributed by atoms with Crippen molar-refractivity contribution >= 4 is 22.7 Å². The van der Waals surface area contributed by atoms with Crippen LogP contribution >= 0.6 is 0 Å². The predicted octanol–water partition coefficient (Wildman–Crippen LogP) is 1.53. The minimum Gasteiger partial charge on any atom is -0.493 e. The molecule has 0 bridgehead atoms. The van der Waals surface area contributed by atoms with E-state index >= 15 is 0 Å². The van der Waals surface area contributed by atoms with Crippen molar-refractivity contribution in [2.45, 2.75) is 26.7 Å². The molecule has 0 saturated heterocycles. The fraction of sp³-hybridized carbons (Fsp3) is 0.412. The topological polar surface area (TPSA) is 83.2 Å². The van der Waals surface area contributed by atoms with Crippen LogP contribution in [0.25, 0.3) is 10.9 Å². The van der Waals surface area contributed by atoms with Gasteiger partial charge in [-0.3, -0.25) is 9.59 Å². The highest BCUT2D eigenvalue weighted by atomic mass is 16.5. The number of benzene rings is 1. The van der Waals surface area contributed by atoms with E-state index in [0.717, 1.165) is 34.2 Å². The van der Waals surface area contributed by atoms with E-state index in [2.05, 4.69) is 15.6 Å². The number of carbonyl (C=O) groups excluding carboxylic acids is 2. The Morgan fingerprint density at radius 2 is 2.13 bits per heavy atom. The third-order valence-corrected chi connectivity index (χ3v) is 4.06. The van der Waals surface area contributed by atoms with Gasteiger partial charge in [-0.15, -0.1) is 0 Å². The van der Waals surface area contributed by atoms with Crippen LogP contribution < -0.4 is 15.4 Å². The van der Waals surface area contributed by atoms with E-state index in [-0.39, 0.29) is 11.8 Å². The number of aromatic nitrogens is 1. The van der Waals surface area contributed by atoms with E-state index in [4.69, 9.17) is 4.74 Å². The van der Waals surface area contributed by atoms with E-state index in [9.17, 15) is 9.59 Å². The number of ether oxygens (including phenoxy) is 1. The quantitative estimate of drug-likeness (QED) is 0.782. The first-order chi connectivity index (χ1) is 11.1. The molecule has 3 N–H and O–H groups in total. The summed E-state index contributed by atoms with van der Waals surface area (Å²) in [4.78, 5) is 26.7. The number of hydrogen-bond donors (Lipinski definition) is 3. The molecule has 1 aliphatic rings. The van der Waals surface area contributed by atoms with E-state index in [1.807, 2.05) is 19.1 Å². The summed E-state index contributed by atoms with van der Waals surface area (Å²) in [6.45, 7) is 5.12. The molecule has 0 atom stereocenters. The van der Waals surface area contributed by atoms with Gasteiger partial charge in [0.2, 0.25) is 5.91 Å². The number of carbonyl (C=O) groups is 2. The third kappa shape index (κ3) is 2.88. The molecule has 122 valence electrons. The van der Waals surface area contributed by atoms with Crippen molar-refractivity contribution in [3.63, 3.8) is 0 Å². The van der Waals surface area contributed by atoms with Crippen LogP contribution in [0.1, 0.15) is 35.5 Å².